The van der Waals surface area contributed by atoms with Crippen molar-refractivity contribution in [2.24, 2.45) is 0 Å². The highest BCUT2D eigenvalue weighted by atomic mass is 32.2. The van der Waals surface area contributed by atoms with Crippen LogP contribution in [0.25, 0.3) is 0 Å². The fourth-order valence-corrected chi connectivity index (χ4v) is 3.54. The summed E-state index contributed by atoms with van der Waals surface area (Å²) in [5, 5.41) is 2.61. The van der Waals surface area contributed by atoms with Crippen molar-refractivity contribution in [3.63, 3.8) is 0 Å². The molecule has 2 heterocycles. The van der Waals surface area contributed by atoms with Gasteiger partial charge in [-0.25, -0.2) is 0 Å². The first-order chi connectivity index (χ1) is 7.10. The van der Waals surface area contributed by atoms with Gasteiger partial charge in [0.1, 0.15) is 0 Å². The smallest absolute Gasteiger partial charge is 0.282 e. The van der Waals surface area contributed by atoms with E-state index in [9.17, 15) is 13.2 Å². The molecule has 15 heavy (non-hydrogen) atoms. The van der Waals surface area contributed by atoms with Crippen LogP contribution in [0.3, 0.4) is 0 Å². The lowest BCUT2D eigenvalue weighted by Crippen LogP contribution is -2.53. The molecule has 0 saturated carbocycles. The summed E-state index contributed by atoms with van der Waals surface area (Å²) in [5.41, 5.74) is 0. The topological polar surface area (TPSA) is 69.7 Å². The molecule has 2 fully saturated rings. The fourth-order valence-electron chi connectivity index (χ4n) is 1.89. The van der Waals surface area contributed by atoms with Gasteiger partial charge in [-0.1, -0.05) is 0 Å². The molecule has 0 aromatic rings. The van der Waals surface area contributed by atoms with Gasteiger partial charge >= 0.3 is 0 Å². The van der Waals surface area contributed by atoms with Gasteiger partial charge in [0.05, 0.1) is 6.54 Å². The Morgan fingerprint density at radius 1 is 1.07 bits per heavy atom. The first-order valence-electron chi connectivity index (χ1n) is 5.12. The van der Waals surface area contributed by atoms with Crippen LogP contribution in [0, 0.1) is 0 Å². The monoisotopic (exact) mass is 233 g/mol. The van der Waals surface area contributed by atoms with Gasteiger partial charge in [-0.05, 0) is 12.8 Å². The molecule has 2 aliphatic rings. The van der Waals surface area contributed by atoms with Gasteiger partial charge in [0.25, 0.3) is 10.2 Å². The summed E-state index contributed by atoms with van der Waals surface area (Å²) < 4.78 is 26.7. The van der Waals surface area contributed by atoms with Gasteiger partial charge in [0.2, 0.25) is 5.91 Å². The van der Waals surface area contributed by atoms with E-state index in [1.807, 2.05) is 0 Å². The second kappa shape index (κ2) is 4.07. The molecule has 6 nitrogen and oxygen atoms in total. The Morgan fingerprint density at radius 3 is 2.33 bits per heavy atom. The van der Waals surface area contributed by atoms with Crippen molar-refractivity contribution in [1.82, 2.24) is 13.9 Å². The lowest BCUT2D eigenvalue weighted by Gasteiger charge is -2.29. The van der Waals surface area contributed by atoms with Crippen LogP contribution < -0.4 is 5.32 Å². The number of hydrogen-bond acceptors (Lipinski definition) is 3. The van der Waals surface area contributed by atoms with Gasteiger partial charge in [0, 0.05) is 26.2 Å². The molecule has 0 aromatic heterocycles. The summed E-state index contributed by atoms with van der Waals surface area (Å²) in [6, 6.07) is 0. The van der Waals surface area contributed by atoms with Crippen LogP contribution in [0.15, 0.2) is 0 Å². The van der Waals surface area contributed by atoms with E-state index < -0.39 is 10.2 Å². The van der Waals surface area contributed by atoms with Gasteiger partial charge in [-0.15, -0.1) is 0 Å². The van der Waals surface area contributed by atoms with Crippen molar-refractivity contribution in [3.8, 4) is 0 Å². The first-order valence-corrected chi connectivity index (χ1v) is 6.52. The molecule has 0 unspecified atom stereocenters. The molecule has 86 valence electrons. The Labute approximate surface area is 89.4 Å². The fraction of sp³-hybridized carbons (Fsp3) is 0.875. The van der Waals surface area contributed by atoms with E-state index in [0.717, 1.165) is 12.8 Å². The lowest BCUT2D eigenvalue weighted by atomic mass is 10.4. The largest absolute Gasteiger partial charge is 0.354 e. The van der Waals surface area contributed by atoms with Crippen LogP contribution in [-0.4, -0.2) is 55.7 Å². The van der Waals surface area contributed by atoms with E-state index in [1.54, 1.807) is 0 Å². The SMILES string of the molecule is O=C1CN(S(=O)(=O)N2CCCC2)CCN1. The molecule has 0 aliphatic carbocycles. The van der Waals surface area contributed by atoms with E-state index in [0.29, 0.717) is 26.2 Å². The van der Waals surface area contributed by atoms with Crippen molar-refractivity contribution < 1.29 is 13.2 Å². The van der Waals surface area contributed by atoms with Crippen LogP contribution in [0.4, 0.5) is 0 Å². The summed E-state index contributed by atoms with van der Waals surface area (Å²) in [6.45, 7) is 1.91. The molecule has 0 atom stereocenters. The maximum Gasteiger partial charge on any atom is 0.282 e. The number of nitrogens with zero attached hydrogens (tertiary/aromatic N) is 2. The number of carbonyl (C=O) groups is 1. The second-order valence-corrected chi connectivity index (χ2v) is 5.73. The first kappa shape index (κ1) is 10.8. The molecule has 0 radical (unpaired) electrons. The molecule has 0 aromatic carbocycles. The van der Waals surface area contributed by atoms with Crippen LogP contribution in [0.1, 0.15) is 12.8 Å². The predicted octanol–water partition coefficient (Wildman–Crippen LogP) is -1.24. The van der Waals surface area contributed by atoms with Gasteiger partial charge < -0.3 is 5.32 Å². The molecule has 2 saturated heterocycles. The zero-order valence-corrected chi connectivity index (χ0v) is 9.29. The summed E-state index contributed by atoms with van der Waals surface area (Å²) in [5.74, 6) is -0.218. The highest BCUT2D eigenvalue weighted by molar-refractivity contribution is 7.86. The van der Waals surface area contributed by atoms with Crippen molar-refractivity contribution >= 4 is 16.1 Å². The van der Waals surface area contributed by atoms with Crippen molar-refractivity contribution in [2.45, 2.75) is 12.8 Å². The zero-order chi connectivity index (χ0) is 10.9. The quantitative estimate of drug-likeness (QED) is 0.648. The minimum absolute atomic E-state index is 0.0428. The number of rotatable bonds is 2. The van der Waals surface area contributed by atoms with Crippen LogP contribution >= 0.6 is 0 Å². The standard InChI is InChI=1S/C8H15N3O3S/c12-8-7-11(6-3-9-8)15(13,14)10-4-1-2-5-10/h1-7H2,(H,9,12). The van der Waals surface area contributed by atoms with Crippen molar-refractivity contribution in [2.75, 3.05) is 32.7 Å². The van der Waals surface area contributed by atoms with Gasteiger partial charge in [0.15, 0.2) is 0 Å². The molecule has 2 aliphatic heterocycles. The third-order valence-corrected chi connectivity index (χ3v) is 4.70. The molecule has 0 bridgehead atoms. The molecular weight excluding hydrogens is 218 g/mol. The minimum Gasteiger partial charge on any atom is -0.354 e. The molecule has 7 heteroatoms. The minimum atomic E-state index is -3.39. The average molecular weight is 233 g/mol. The molecular formula is C8H15N3O3S. The molecule has 1 N–H and O–H groups in total. The maximum absolute atomic E-state index is 12.0. The number of piperazine rings is 1. The Hall–Kier alpha value is -0.660. The summed E-state index contributed by atoms with van der Waals surface area (Å²) in [6.07, 6.45) is 1.83. The third kappa shape index (κ3) is 2.14. The van der Waals surface area contributed by atoms with E-state index in [2.05, 4.69) is 5.32 Å². The Bertz CT molecular complexity index is 348. The third-order valence-electron chi connectivity index (χ3n) is 2.72. The Balaban J connectivity index is 2.10. The Kier molecular flexibility index (Phi) is 2.94. The van der Waals surface area contributed by atoms with Crippen molar-refractivity contribution in [3.05, 3.63) is 0 Å². The lowest BCUT2D eigenvalue weighted by molar-refractivity contribution is -0.122. The molecule has 1 amide bonds. The molecule has 2 rings (SSSR count). The number of nitrogens with one attached hydrogen (secondary N) is 1. The van der Waals surface area contributed by atoms with Crippen molar-refractivity contribution in [1.29, 1.82) is 0 Å². The number of carbonyl (C=O) groups excluding carboxylic acids is 1. The van der Waals surface area contributed by atoms with Gasteiger partial charge in [-0.2, -0.15) is 17.0 Å². The van der Waals surface area contributed by atoms with Gasteiger partial charge in [-0.3, -0.25) is 4.79 Å². The van der Waals surface area contributed by atoms with E-state index in [4.69, 9.17) is 0 Å². The maximum atomic E-state index is 12.0. The second-order valence-electron chi connectivity index (χ2n) is 3.80. The van der Waals surface area contributed by atoms with E-state index in [1.165, 1.54) is 8.61 Å². The highest BCUT2D eigenvalue weighted by Gasteiger charge is 2.34. The normalized spacial score (nSPS) is 25.5. The van der Waals surface area contributed by atoms with Crippen LogP contribution in [0.5, 0.6) is 0 Å². The Morgan fingerprint density at radius 2 is 1.73 bits per heavy atom. The zero-order valence-electron chi connectivity index (χ0n) is 8.48. The van der Waals surface area contributed by atoms with Crippen LogP contribution in [0.2, 0.25) is 0 Å². The van der Waals surface area contributed by atoms with E-state index in [-0.39, 0.29) is 12.5 Å². The van der Waals surface area contributed by atoms with Crippen LogP contribution in [-0.2, 0) is 15.0 Å². The summed E-state index contributed by atoms with van der Waals surface area (Å²) in [4.78, 5) is 11.1. The average Bonchev–Trinajstić information content (AvgIpc) is 2.71. The predicted molar refractivity (Wildman–Crippen MR) is 54.3 cm³/mol. The summed E-state index contributed by atoms with van der Waals surface area (Å²) in [7, 11) is -3.39. The van der Waals surface area contributed by atoms with E-state index >= 15 is 0 Å². The number of hydrogen-bond donors (Lipinski definition) is 1. The summed E-state index contributed by atoms with van der Waals surface area (Å²) >= 11 is 0. The molecule has 0 spiro atoms. The highest BCUT2D eigenvalue weighted by Crippen LogP contribution is 2.16. The number of amides is 1.